The minimum Gasteiger partial charge on any atom is -0.334 e. The number of carbonyl (C=O) groups is 1. The molecule has 1 atom stereocenters. The lowest BCUT2D eigenvalue weighted by Gasteiger charge is -2.23. The summed E-state index contributed by atoms with van der Waals surface area (Å²) >= 11 is 0. The fourth-order valence-electron chi connectivity index (χ4n) is 3.22. The highest BCUT2D eigenvalue weighted by atomic mass is 16.2. The highest BCUT2D eigenvalue weighted by Gasteiger charge is 2.35. The van der Waals surface area contributed by atoms with Gasteiger partial charge in [-0.15, -0.1) is 0 Å². The van der Waals surface area contributed by atoms with Crippen LogP contribution >= 0.6 is 0 Å². The lowest BCUT2D eigenvalue weighted by Crippen LogP contribution is -2.46. The zero-order chi connectivity index (χ0) is 12.4. The minimum atomic E-state index is 0.180. The van der Waals surface area contributed by atoms with Crippen molar-refractivity contribution in [1.82, 2.24) is 15.1 Å². The van der Waals surface area contributed by atoms with Gasteiger partial charge in [-0.3, -0.25) is 4.90 Å². The first-order valence-electron chi connectivity index (χ1n) is 7.62. The molecule has 0 bridgehead atoms. The second-order valence-electron chi connectivity index (χ2n) is 6.06. The molecule has 2 amide bonds. The molecule has 2 aliphatic heterocycles. The molecule has 2 heterocycles. The van der Waals surface area contributed by atoms with E-state index in [1.165, 1.54) is 45.1 Å². The van der Waals surface area contributed by atoms with Crippen molar-refractivity contribution >= 4 is 6.03 Å². The van der Waals surface area contributed by atoms with Gasteiger partial charge in [-0.25, -0.2) is 4.79 Å². The van der Waals surface area contributed by atoms with Gasteiger partial charge in [0.1, 0.15) is 0 Å². The molecule has 0 aromatic rings. The molecule has 3 rings (SSSR count). The Hall–Kier alpha value is -0.770. The lowest BCUT2D eigenvalue weighted by atomic mass is 10.2. The number of hydrogen-bond donors (Lipinski definition) is 1. The average Bonchev–Trinajstić information content (AvgIpc) is 3.16. The van der Waals surface area contributed by atoms with Crippen molar-refractivity contribution in [2.24, 2.45) is 0 Å². The summed E-state index contributed by atoms with van der Waals surface area (Å²) in [6, 6.07) is 1.41. The predicted molar refractivity (Wildman–Crippen MR) is 71.6 cm³/mol. The molecule has 3 fully saturated rings. The van der Waals surface area contributed by atoms with Crippen LogP contribution in [0.5, 0.6) is 0 Å². The van der Waals surface area contributed by atoms with E-state index in [0.717, 1.165) is 32.1 Å². The molecule has 0 radical (unpaired) electrons. The molecule has 1 unspecified atom stereocenters. The van der Waals surface area contributed by atoms with Gasteiger partial charge in [0.05, 0.1) is 0 Å². The van der Waals surface area contributed by atoms with Gasteiger partial charge in [0.25, 0.3) is 0 Å². The van der Waals surface area contributed by atoms with Gasteiger partial charge < -0.3 is 10.2 Å². The van der Waals surface area contributed by atoms with Crippen LogP contribution in [0.25, 0.3) is 0 Å². The Balaban J connectivity index is 1.45. The number of rotatable bonds is 2. The topological polar surface area (TPSA) is 35.6 Å². The first kappa shape index (κ1) is 12.3. The van der Waals surface area contributed by atoms with Crippen molar-refractivity contribution in [2.45, 2.75) is 57.0 Å². The molecular weight excluding hydrogens is 226 g/mol. The van der Waals surface area contributed by atoms with Gasteiger partial charge in [0, 0.05) is 38.3 Å². The van der Waals surface area contributed by atoms with Crippen LogP contribution in [0, 0.1) is 0 Å². The van der Waals surface area contributed by atoms with Gasteiger partial charge in [0.15, 0.2) is 0 Å². The largest absolute Gasteiger partial charge is 0.334 e. The van der Waals surface area contributed by atoms with Crippen LogP contribution in [0.4, 0.5) is 4.79 Å². The molecule has 1 aliphatic carbocycles. The number of nitrogens with zero attached hydrogens (tertiary/aromatic N) is 2. The monoisotopic (exact) mass is 251 g/mol. The first-order chi connectivity index (χ1) is 8.83. The Morgan fingerprint density at radius 1 is 0.944 bits per heavy atom. The maximum atomic E-state index is 12.2. The molecule has 3 aliphatic rings. The summed E-state index contributed by atoms with van der Waals surface area (Å²) in [6.45, 7) is 4.15. The van der Waals surface area contributed by atoms with Gasteiger partial charge >= 0.3 is 6.03 Å². The quantitative estimate of drug-likeness (QED) is 0.812. The van der Waals surface area contributed by atoms with Crippen molar-refractivity contribution in [1.29, 1.82) is 0 Å². The van der Waals surface area contributed by atoms with Gasteiger partial charge in [-0.2, -0.15) is 0 Å². The first-order valence-corrected chi connectivity index (χ1v) is 7.62. The molecule has 1 saturated carbocycles. The van der Waals surface area contributed by atoms with E-state index in [-0.39, 0.29) is 6.03 Å². The zero-order valence-corrected chi connectivity index (χ0v) is 11.2. The lowest BCUT2D eigenvalue weighted by molar-refractivity contribution is 0.195. The average molecular weight is 251 g/mol. The third-order valence-corrected chi connectivity index (χ3v) is 4.50. The summed E-state index contributed by atoms with van der Waals surface area (Å²) in [7, 11) is 0. The molecule has 1 N–H and O–H groups in total. The van der Waals surface area contributed by atoms with E-state index in [1.807, 2.05) is 4.90 Å². The molecule has 4 heteroatoms. The Morgan fingerprint density at radius 3 is 2.33 bits per heavy atom. The maximum absolute atomic E-state index is 12.2. The van der Waals surface area contributed by atoms with Crippen LogP contribution in [0.3, 0.4) is 0 Å². The number of nitrogens with one attached hydrogen (secondary N) is 1. The van der Waals surface area contributed by atoms with E-state index in [4.69, 9.17) is 0 Å². The molecule has 102 valence electrons. The fraction of sp³-hybridized carbons (Fsp3) is 0.929. The number of carbonyl (C=O) groups excluding carboxylic acids is 1. The zero-order valence-electron chi connectivity index (χ0n) is 11.2. The van der Waals surface area contributed by atoms with Crippen molar-refractivity contribution in [3.05, 3.63) is 0 Å². The smallest absolute Gasteiger partial charge is 0.317 e. The standard InChI is InChI=1S/C14H25N3O/c18-14(16-8-3-1-2-4-9-16)15-12-7-10-17(11-12)13-5-6-13/h12-13H,1-11H2,(H,15,18). The normalized spacial score (nSPS) is 30.2. The second kappa shape index (κ2) is 5.47. The molecular formula is C14H25N3O. The third-order valence-electron chi connectivity index (χ3n) is 4.50. The van der Waals surface area contributed by atoms with E-state index in [1.54, 1.807) is 0 Å². The van der Waals surface area contributed by atoms with Crippen LogP contribution in [-0.4, -0.2) is 54.1 Å². The van der Waals surface area contributed by atoms with E-state index >= 15 is 0 Å². The van der Waals surface area contributed by atoms with Crippen LogP contribution in [0.15, 0.2) is 0 Å². The number of urea groups is 1. The Bertz CT molecular complexity index is 295. The van der Waals surface area contributed by atoms with Crippen LogP contribution in [0.1, 0.15) is 44.9 Å². The molecule has 2 saturated heterocycles. The minimum absolute atomic E-state index is 0.180. The Morgan fingerprint density at radius 2 is 1.67 bits per heavy atom. The van der Waals surface area contributed by atoms with E-state index in [9.17, 15) is 4.79 Å². The van der Waals surface area contributed by atoms with Crippen molar-refractivity contribution < 1.29 is 4.79 Å². The Kier molecular flexibility index (Phi) is 3.73. The summed E-state index contributed by atoms with van der Waals surface area (Å²) in [5.41, 5.74) is 0. The summed E-state index contributed by atoms with van der Waals surface area (Å²) in [4.78, 5) is 16.8. The molecule has 0 aromatic carbocycles. The predicted octanol–water partition coefficient (Wildman–Crippen LogP) is 1.81. The van der Waals surface area contributed by atoms with Crippen molar-refractivity contribution in [3.8, 4) is 0 Å². The van der Waals surface area contributed by atoms with E-state index in [0.29, 0.717) is 6.04 Å². The van der Waals surface area contributed by atoms with Crippen LogP contribution in [-0.2, 0) is 0 Å². The second-order valence-corrected chi connectivity index (χ2v) is 6.06. The highest BCUT2D eigenvalue weighted by molar-refractivity contribution is 5.74. The third kappa shape index (κ3) is 2.97. The number of hydrogen-bond acceptors (Lipinski definition) is 2. The summed E-state index contributed by atoms with van der Waals surface area (Å²) in [6.07, 6.45) is 8.78. The van der Waals surface area contributed by atoms with E-state index < -0.39 is 0 Å². The fourth-order valence-corrected chi connectivity index (χ4v) is 3.22. The molecule has 18 heavy (non-hydrogen) atoms. The molecule has 0 aromatic heterocycles. The SMILES string of the molecule is O=C(NC1CCN(C2CC2)C1)N1CCCCCC1. The molecule has 4 nitrogen and oxygen atoms in total. The summed E-state index contributed by atoms with van der Waals surface area (Å²) in [5, 5.41) is 3.23. The maximum Gasteiger partial charge on any atom is 0.317 e. The Labute approximate surface area is 110 Å². The number of likely N-dealkylation sites (tertiary alicyclic amines) is 2. The van der Waals surface area contributed by atoms with Gasteiger partial charge in [0.2, 0.25) is 0 Å². The van der Waals surface area contributed by atoms with Gasteiger partial charge in [-0.05, 0) is 32.1 Å². The van der Waals surface area contributed by atoms with Gasteiger partial charge in [-0.1, -0.05) is 12.8 Å². The van der Waals surface area contributed by atoms with Crippen LogP contribution in [0.2, 0.25) is 0 Å². The van der Waals surface area contributed by atoms with Crippen molar-refractivity contribution in [3.63, 3.8) is 0 Å². The van der Waals surface area contributed by atoms with Crippen molar-refractivity contribution in [2.75, 3.05) is 26.2 Å². The summed E-state index contributed by atoms with van der Waals surface area (Å²) < 4.78 is 0. The summed E-state index contributed by atoms with van der Waals surface area (Å²) in [5.74, 6) is 0. The van der Waals surface area contributed by atoms with Crippen LogP contribution < -0.4 is 5.32 Å². The van der Waals surface area contributed by atoms with E-state index in [2.05, 4.69) is 10.2 Å². The molecule has 0 spiro atoms. The number of amides is 2. The highest BCUT2D eigenvalue weighted by Crippen LogP contribution is 2.29.